The van der Waals surface area contributed by atoms with Gasteiger partial charge in [0.25, 0.3) is 5.56 Å². The summed E-state index contributed by atoms with van der Waals surface area (Å²) in [4.78, 5) is 23.2. The van der Waals surface area contributed by atoms with Gasteiger partial charge >= 0.3 is 5.97 Å². The first-order chi connectivity index (χ1) is 13.0. The van der Waals surface area contributed by atoms with E-state index in [1.54, 1.807) is 41.1 Å². The number of aromatic nitrogens is 1. The molecule has 2 aromatic carbocycles. The molecular weight excluding hydrogens is 338 g/mol. The third-order valence-corrected chi connectivity index (χ3v) is 4.43. The molecule has 0 aliphatic rings. The molecule has 1 N–H and O–H groups in total. The molecule has 1 heterocycles. The molecule has 1 aromatic heterocycles. The standard InChI is InChI=1S/C23H21NO3/c1-2-17-3-5-18(6-4-17)7-8-19-13-14-24(22(25)15-19)16-20-9-11-21(12-10-20)23(26)27/h3-15H,2,16H2,1H3,(H,26,27)/b8-7+. The number of carboxylic acid groups (broad SMARTS) is 1. The fourth-order valence-corrected chi connectivity index (χ4v) is 2.76. The average Bonchev–Trinajstić information content (AvgIpc) is 2.69. The summed E-state index contributed by atoms with van der Waals surface area (Å²) >= 11 is 0. The van der Waals surface area contributed by atoms with Crippen LogP contribution in [-0.2, 0) is 13.0 Å². The van der Waals surface area contributed by atoms with E-state index in [9.17, 15) is 9.59 Å². The first-order valence-electron chi connectivity index (χ1n) is 8.85. The summed E-state index contributed by atoms with van der Waals surface area (Å²) in [5.74, 6) is -0.959. The molecule has 136 valence electrons. The van der Waals surface area contributed by atoms with E-state index in [0.29, 0.717) is 6.54 Å². The lowest BCUT2D eigenvalue weighted by Crippen LogP contribution is -2.19. The van der Waals surface area contributed by atoms with E-state index in [0.717, 1.165) is 23.1 Å². The number of carbonyl (C=O) groups is 1. The number of benzene rings is 2. The van der Waals surface area contributed by atoms with Gasteiger partial charge in [-0.25, -0.2) is 4.79 Å². The molecule has 0 aliphatic heterocycles. The van der Waals surface area contributed by atoms with Crippen LogP contribution < -0.4 is 5.56 Å². The fraction of sp³-hybridized carbons (Fsp3) is 0.130. The number of aromatic carboxylic acids is 1. The molecule has 27 heavy (non-hydrogen) atoms. The maximum Gasteiger partial charge on any atom is 0.335 e. The van der Waals surface area contributed by atoms with E-state index in [-0.39, 0.29) is 11.1 Å². The summed E-state index contributed by atoms with van der Waals surface area (Å²) in [7, 11) is 0. The SMILES string of the molecule is CCc1ccc(/C=C/c2ccn(Cc3ccc(C(=O)O)cc3)c(=O)c2)cc1. The van der Waals surface area contributed by atoms with Gasteiger partial charge in [0.15, 0.2) is 0 Å². The van der Waals surface area contributed by atoms with Crippen molar-refractivity contribution < 1.29 is 9.90 Å². The highest BCUT2D eigenvalue weighted by Gasteiger charge is 2.03. The van der Waals surface area contributed by atoms with E-state index in [1.165, 1.54) is 5.56 Å². The molecule has 0 atom stereocenters. The predicted molar refractivity (Wildman–Crippen MR) is 108 cm³/mol. The molecule has 0 amide bonds. The Labute approximate surface area is 158 Å². The third kappa shape index (κ3) is 4.82. The Balaban J connectivity index is 1.72. The zero-order valence-corrected chi connectivity index (χ0v) is 15.1. The number of hydrogen-bond donors (Lipinski definition) is 1. The monoisotopic (exact) mass is 359 g/mol. The lowest BCUT2D eigenvalue weighted by molar-refractivity contribution is 0.0697. The van der Waals surface area contributed by atoms with E-state index >= 15 is 0 Å². The first kappa shape index (κ1) is 18.4. The lowest BCUT2D eigenvalue weighted by Gasteiger charge is -2.06. The van der Waals surface area contributed by atoms with Gasteiger partial charge in [-0.15, -0.1) is 0 Å². The topological polar surface area (TPSA) is 59.3 Å². The summed E-state index contributed by atoms with van der Waals surface area (Å²) in [6, 6.07) is 18.4. The Morgan fingerprint density at radius 3 is 2.15 bits per heavy atom. The van der Waals surface area contributed by atoms with Gasteiger partial charge in [0, 0.05) is 12.3 Å². The molecule has 3 aromatic rings. The summed E-state index contributed by atoms with van der Waals surface area (Å²) in [6.07, 6.45) is 6.69. The van der Waals surface area contributed by atoms with E-state index in [2.05, 4.69) is 31.2 Å². The van der Waals surface area contributed by atoms with Crippen LogP contribution in [0.25, 0.3) is 12.2 Å². The maximum atomic E-state index is 12.3. The van der Waals surface area contributed by atoms with Crippen molar-refractivity contribution in [3.8, 4) is 0 Å². The summed E-state index contributed by atoms with van der Waals surface area (Å²) in [5.41, 5.74) is 4.25. The number of carboxylic acids is 1. The van der Waals surface area contributed by atoms with Gasteiger partial charge in [-0.1, -0.05) is 55.5 Å². The van der Waals surface area contributed by atoms with Gasteiger partial charge in [-0.2, -0.15) is 0 Å². The van der Waals surface area contributed by atoms with Gasteiger partial charge in [0.05, 0.1) is 12.1 Å². The molecule has 4 heteroatoms. The minimum atomic E-state index is -0.959. The normalized spacial score (nSPS) is 11.0. The lowest BCUT2D eigenvalue weighted by atomic mass is 10.1. The van der Waals surface area contributed by atoms with Crippen LogP contribution in [0.1, 0.15) is 39.5 Å². The van der Waals surface area contributed by atoms with Crippen LogP contribution >= 0.6 is 0 Å². The van der Waals surface area contributed by atoms with Gasteiger partial charge in [-0.3, -0.25) is 4.79 Å². The van der Waals surface area contributed by atoms with Crippen molar-refractivity contribution in [1.29, 1.82) is 0 Å². The van der Waals surface area contributed by atoms with Crippen molar-refractivity contribution in [3.63, 3.8) is 0 Å². The Morgan fingerprint density at radius 1 is 0.926 bits per heavy atom. The second-order valence-corrected chi connectivity index (χ2v) is 6.36. The first-order valence-corrected chi connectivity index (χ1v) is 8.85. The number of pyridine rings is 1. The smallest absolute Gasteiger partial charge is 0.335 e. The number of nitrogens with zero attached hydrogens (tertiary/aromatic N) is 1. The van der Waals surface area contributed by atoms with Crippen molar-refractivity contribution in [2.45, 2.75) is 19.9 Å². The van der Waals surface area contributed by atoms with Gasteiger partial charge in [-0.05, 0) is 46.9 Å². The van der Waals surface area contributed by atoms with Crippen LogP contribution in [0.5, 0.6) is 0 Å². The average molecular weight is 359 g/mol. The maximum absolute atomic E-state index is 12.3. The number of hydrogen-bond acceptors (Lipinski definition) is 2. The second-order valence-electron chi connectivity index (χ2n) is 6.36. The Bertz CT molecular complexity index is 1010. The van der Waals surface area contributed by atoms with Crippen molar-refractivity contribution in [2.75, 3.05) is 0 Å². The number of rotatable bonds is 6. The van der Waals surface area contributed by atoms with Crippen LogP contribution in [0.15, 0.2) is 71.7 Å². The van der Waals surface area contributed by atoms with E-state index in [4.69, 9.17) is 5.11 Å². The van der Waals surface area contributed by atoms with Crippen LogP contribution in [-0.4, -0.2) is 15.6 Å². The molecule has 0 unspecified atom stereocenters. The highest BCUT2D eigenvalue weighted by atomic mass is 16.4. The van der Waals surface area contributed by atoms with Crippen LogP contribution in [0, 0.1) is 0 Å². The quantitative estimate of drug-likeness (QED) is 0.713. The summed E-state index contributed by atoms with van der Waals surface area (Å²) in [5, 5.41) is 8.94. The Kier molecular flexibility index (Phi) is 5.67. The van der Waals surface area contributed by atoms with Gasteiger partial charge in [0.1, 0.15) is 0 Å². The summed E-state index contributed by atoms with van der Waals surface area (Å²) < 4.78 is 1.60. The molecule has 4 nitrogen and oxygen atoms in total. The minimum absolute atomic E-state index is 0.0965. The Hall–Kier alpha value is -3.40. The molecule has 0 bridgehead atoms. The molecule has 0 spiro atoms. The second kappa shape index (κ2) is 8.32. The van der Waals surface area contributed by atoms with Crippen molar-refractivity contribution in [3.05, 3.63) is 105 Å². The largest absolute Gasteiger partial charge is 0.478 e. The van der Waals surface area contributed by atoms with Crippen LogP contribution in [0.4, 0.5) is 0 Å². The Morgan fingerprint density at radius 2 is 1.56 bits per heavy atom. The highest BCUT2D eigenvalue weighted by Crippen LogP contribution is 2.10. The van der Waals surface area contributed by atoms with E-state index in [1.807, 2.05) is 18.2 Å². The van der Waals surface area contributed by atoms with Crippen LogP contribution in [0.2, 0.25) is 0 Å². The number of aryl methyl sites for hydroxylation is 1. The molecule has 3 rings (SSSR count). The van der Waals surface area contributed by atoms with Crippen molar-refractivity contribution in [2.24, 2.45) is 0 Å². The van der Waals surface area contributed by atoms with Crippen molar-refractivity contribution >= 4 is 18.1 Å². The zero-order valence-electron chi connectivity index (χ0n) is 15.1. The van der Waals surface area contributed by atoms with Gasteiger partial charge in [0.2, 0.25) is 0 Å². The van der Waals surface area contributed by atoms with E-state index < -0.39 is 5.97 Å². The van der Waals surface area contributed by atoms with Crippen molar-refractivity contribution in [1.82, 2.24) is 4.57 Å². The fourth-order valence-electron chi connectivity index (χ4n) is 2.76. The molecule has 0 aliphatic carbocycles. The zero-order chi connectivity index (χ0) is 19.2. The molecule has 0 fully saturated rings. The van der Waals surface area contributed by atoms with Crippen LogP contribution in [0.3, 0.4) is 0 Å². The minimum Gasteiger partial charge on any atom is -0.478 e. The highest BCUT2D eigenvalue weighted by molar-refractivity contribution is 5.87. The molecular formula is C23H21NO3. The molecule has 0 radical (unpaired) electrons. The predicted octanol–water partition coefficient (Wildman–Crippen LogP) is 4.33. The molecule has 0 saturated carbocycles. The third-order valence-electron chi connectivity index (χ3n) is 4.43. The summed E-state index contributed by atoms with van der Waals surface area (Å²) in [6.45, 7) is 2.53. The van der Waals surface area contributed by atoms with Gasteiger partial charge < -0.3 is 9.67 Å². The molecule has 0 saturated heterocycles.